The summed E-state index contributed by atoms with van der Waals surface area (Å²) in [7, 11) is 0. The molecule has 0 aliphatic carbocycles. The van der Waals surface area contributed by atoms with Crippen LogP contribution in [0.3, 0.4) is 0 Å². The number of hydrogen-bond donors (Lipinski definition) is 1. The number of ether oxygens (including phenoxy) is 1. The quantitative estimate of drug-likeness (QED) is 0.773. The molecule has 1 aliphatic heterocycles. The van der Waals surface area contributed by atoms with Crippen LogP contribution in [0.5, 0.6) is 5.75 Å². The molecular formula is C18H25NO2S. The first-order valence-electron chi connectivity index (χ1n) is 7.56. The lowest BCUT2D eigenvalue weighted by molar-refractivity contribution is 0.0723. The maximum atomic E-state index is 9.83. The van der Waals surface area contributed by atoms with Gasteiger partial charge in [-0.2, -0.15) is 0 Å². The van der Waals surface area contributed by atoms with E-state index in [4.69, 9.17) is 4.74 Å². The van der Waals surface area contributed by atoms with E-state index in [-0.39, 0.29) is 5.41 Å². The Hall–Kier alpha value is -1.26. The van der Waals surface area contributed by atoms with Crippen LogP contribution in [0.25, 0.3) is 0 Å². The Balaban J connectivity index is 2.08. The van der Waals surface area contributed by atoms with Gasteiger partial charge in [0.25, 0.3) is 0 Å². The molecule has 0 bridgehead atoms. The Bertz CT molecular complexity index is 535. The van der Waals surface area contributed by atoms with E-state index in [1.165, 1.54) is 4.90 Å². The van der Waals surface area contributed by atoms with E-state index in [1.54, 1.807) is 11.8 Å². The zero-order valence-electron chi connectivity index (χ0n) is 13.7. The molecule has 0 aromatic heterocycles. The second-order valence-electron chi connectivity index (χ2n) is 6.46. The number of allylic oxidation sites excluding steroid dienone is 1. The van der Waals surface area contributed by atoms with Crippen molar-refractivity contribution in [3.05, 3.63) is 36.4 Å². The van der Waals surface area contributed by atoms with E-state index in [0.29, 0.717) is 13.0 Å². The van der Waals surface area contributed by atoms with Crippen molar-refractivity contribution in [3.8, 4) is 5.75 Å². The third-order valence-corrected chi connectivity index (χ3v) is 4.94. The molecule has 2 unspecified atom stereocenters. The van der Waals surface area contributed by atoms with Crippen LogP contribution in [0, 0.1) is 5.41 Å². The summed E-state index contributed by atoms with van der Waals surface area (Å²) in [6.45, 7) is 6.62. The van der Waals surface area contributed by atoms with Crippen molar-refractivity contribution < 1.29 is 9.84 Å². The van der Waals surface area contributed by atoms with Gasteiger partial charge in [-0.1, -0.05) is 19.9 Å². The van der Waals surface area contributed by atoms with Crippen LogP contribution >= 0.6 is 11.8 Å². The molecule has 22 heavy (non-hydrogen) atoms. The SMILES string of the molecule is CSc1ccc(OCC(C)(C)C2(CC(C)O)C=CC=N2)cc1. The van der Waals surface area contributed by atoms with E-state index in [2.05, 4.69) is 43.3 Å². The number of aliphatic imine (C=N–C) groups is 1. The van der Waals surface area contributed by atoms with Gasteiger partial charge in [0.15, 0.2) is 0 Å². The second kappa shape index (κ2) is 6.88. The van der Waals surface area contributed by atoms with Gasteiger partial charge in [-0.25, -0.2) is 0 Å². The third kappa shape index (κ3) is 3.73. The molecule has 2 atom stereocenters. The van der Waals surface area contributed by atoms with Gasteiger partial charge in [0.1, 0.15) is 5.75 Å². The molecular weight excluding hydrogens is 294 g/mol. The van der Waals surface area contributed by atoms with Crippen LogP contribution in [-0.2, 0) is 0 Å². The van der Waals surface area contributed by atoms with Gasteiger partial charge in [0, 0.05) is 22.9 Å². The number of nitrogens with zero attached hydrogens (tertiary/aromatic N) is 1. The number of hydrogen-bond acceptors (Lipinski definition) is 4. The van der Waals surface area contributed by atoms with Gasteiger partial charge in [-0.15, -0.1) is 11.8 Å². The van der Waals surface area contributed by atoms with Crippen LogP contribution in [0.2, 0.25) is 0 Å². The van der Waals surface area contributed by atoms with Gasteiger partial charge in [0.05, 0.1) is 18.2 Å². The standard InChI is InChI=1S/C18H25NO2S/c1-14(20)12-18(10-5-11-19-18)17(2,3)13-21-15-6-8-16(22-4)9-7-15/h5-11,14,20H,12-13H2,1-4H3. The van der Waals surface area contributed by atoms with Crippen LogP contribution in [0.15, 0.2) is 46.3 Å². The van der Waals surface area contributed by atoms with Crippen molar-refractivity contribution in [3.63, 3.8) is 0 Å². The molecule has 0 fully saturated rings. The lowest BCUT2D eigenvalue weighted by Gasteiger charge is -2.41. The molecule has 1 aliphatic rings. The third-order valence-electron chi connectivity index (χ3n) is 4.20. The molecule has 0 saturated carbocycles. The summed E-state index contributed by atoms with van der Waals surface area (Å²) in [5.74, 6) is 0.865. The van der Waals surface area contributed by atoms with Gasteiger partial charge >= 0.3 is 0 Å². The maximum absolute atomic E-state index is 9.83. The first-order valence-corrected chi connectivity index (χ1v) is 8.79. The Morgan fingerprint density at radius 3 is 2.50 bits per heavy atom. The van der Waals surface area contributed by atoms with Crippen LogP contribution < -0.4 is 4.74 Å². The average molecular weight is 319 g/mol. The predicted molar refractivity (Wildman–Crippen MR) is 94.2 cm³/mol. The van der Waals surface area contributed by atoms with Crippen LogP contribution in [-0.4, -0.2) is 35.8 Å². The summed E-state index contributed by atoms with van der Waals surface area (Å²) in [5, 5.41) is 9.83. The summed E-state index contributed by atoms with van der Waals surface area (Å²) in [6, 6.07) is 8.12. The number of benzene rings is 1. The van der Waals surface area contributed by atoms with Gasteiger partial charge in [-0.3, -0.25) is 4.99 Å². The van der Waals surface area contributed by atoms with Crippen molar-refractivity contribution in [1.82, 2.24) is 0 Å². The topological polar surface area (TPSA) is 41.8 Å². The van der Waals surface area contributed by atoms with Crippen LogP contribution in [0.1, 0.15) is 27.2 Å². The fourth-order valence-electron chi connectivity index (χ4n) is 2.73. The summed E-state index contributed by atoms with van der Waals surface area (Å²) >= 11 is 1.72. The maximum Gasteiger partial charge on any atom is 0.119 e. The minimum absolute atomic E-state index is 0.217. The number of aliphatic hydroxyl groups is 1. The minimum Gasteiger partial charge on any atom is -0.493 e. The molecule has 3 nitrogen and oxygen atoms in total. The normalized spacial score (nSPS) is 22.0. The molecule has 0 spiro atoms. The Morgan fingerprint density at radius 1 is 1.32 bits per heavy atom. The number of thioether (sulfide) groups is 1. The highest BCUT2D eigenvalue weighted by molar-refractivity contribution is 7.98. The fourth-order valence-corrected chi connectivity index (χ4v) is 3.14. The first kappa shape index (κ1) is 17.1. The van der Waals surface area contributed by atoms with E-state index >= 15 is 0 Å². The minimum atomic E-state index is -0.403. The number of aliphatic hydroxyl groups excluding tert-OH is 1. The van der Waals surface area contributed by atoms with Gasteiger partial charge in [0.2, 0.25) is 0 Å². The molecule has 1 heterocycles. The molecule has 1 N–H and O–H groups in total. The highest BCUT2D eigenvalue weighted by Gasteiger charge is 2.45. The van der Waals surface area contributed by atoms with Crippen molar-refractivity contribution in [2.45, 2.75) is 43.7 Å². The molecule has 2 rings (SSSR count). The zero-order valence-corrected chi connectivity index (χ0v) is 14.6. The Labute approximate surface area is 137 Å². The summed E-state index contributed by atoms with van der Waals surface area (Å²) in [6.07, 6.45) is 8.11. The monoisotopic (exact) mass is 319 g/mol. The summed E-state index contributed by atoms with van der Waals surface area (Å²) in [5.41, 5.74) is -0.619. The molecule has 1 aromatic rings. The molecule has 0 amide bonds. The second-order valence-corrected chi connectivity index (χ2v) is 7.34. The lowest BCUT2D eigenvalue weighted by Crippen LogP contribution is -2.46. The Kier molecular flexibility index (Phi) is 5.35. The predicted octanol–water partition coefficient (Wildman–Crippen LogP) is 3.96. The average Bonchev–Trinajstić information content (AvgIpc) is 2.95. The highest BCUT2D eigenvalue weighted by Crippen LogP contribution is 2.41. The van der Waals surface area contributed by atoms with Crippen molar-refractivity contribution in [1.29, 1.82) is 0 Å². The summed E-state index contributed by atoms with van der Waals surface area (Å²) in [4.78, 5) is 5.86. The zero-order chi connectivity index (χ0) is 16.2. The van der Waals surface area contributed by atoms with Crippen LogP contribution in [0.4, 0.5) is 0 Å². The van der Waals surface area contributed by atoms with E-state index < -0.39 is 11.6 Å². The molecule has 4 heteroatoms. The molecule has 0 radical (unpaired) electrons. The molecule has 120 valence electrons. The Morgan fingerprint density at radius 2 is 2.00 bits per heavy atom. The van der Waals surface area contributed by atoms with Gasteiger partial charge < -0.3 is 9.84 Å². The van der Waals surface area contributed by atoms with Crippen molar-refractivity contribution in [2.24, 2.45) is 10.4 Å². The van der Waals surface area contributed by atoms with E-state index in [9.17, 15) is 5.11 Å². The molecule has 0 saturated heterocycles. The molecule has 1 aromatic carbocycles. The highest BCUT2D eigenvalue weighted by atomic mass is 32.2. The van der Waals surface area contributed by atoms with Crippen molar-refractivity contribution in [2.75, 3.05) is 12.9 Å². The van der Waals surface area contributed by atoms with Crippen molar-refractivity contribution >= 4 is 18.0 Å². The first-order chi connectivity index (χ1) is 10.4. The largest absolute Gasteiger partial charge is 0.493 e. The fraction of sp³-hybridized carbons (Fsp3) is 0.500. The van der Waals surface area contributed by atoms with E-state index in [0.717, 1.165) is 5.75 Å². The number of rotatable bonds is 7. The lowest BCUT2D eigenvalue weighted by atomic mass is 9.70. The van der Waals surface area contributed by atoms with Gasteiger partial charge in [-0.05, 0) is 43.5 Å². The smallest absolute Gasteiger partial charge is 0.119 e. The summed E-state index contributed by atoms with van der Waals surface area (Å²) < 4.78 is 5.99. The van der Waals surface area contributed by atoms with E-state index in [1.807, 2.05) is 31.3 Å².